The summed E-state index contributed by atoms with van der Waals surface area (Å²) in [5, 5.41) is 2.64. The molecule has 25 heavy (non-hydrogen) atoms. The van der Waals surface area contributed by atoms with Gasteiger partial charge in [-0.15, -0.1) is 11.3 Å². The molecule has 1 aromatic heterocycles. The van der Waals surface area contributed by atoms with Crippen LogP contribution < -0.4 is 5.32 Å². The number of esters is 1. The highest BCUT2D eigenvalue weighted by molar-refractivity contribution is 7.14. The lowest BCUT2D eigenvalue weighted by atomic mass is 10.1. The van der Waals surface area contributed by atoms with Gasteiger partial charge in [0.15, 0.2) is 11.9 Å². The second-order valence-electron chi connectivity index (χ2n) is 5.71. The van der Waals surface area contributed by atoms with Crippen LogP contribution in [0.5, 0.6) is 0 Å². The first-order valence-electron chi connectivity index (χ1n) is 8.04. The zero-order chi connectivity index (χ0) is 18.6. The van der Waals surface area contributed by atoms with Crippen LogP contribution >= 0.6 is 11.3 Å². The van der Waals surface area contributed by atoms with Crippen molar-refractivity contribution >= 4 is 34.7 Å². The van der Waals surface area contributed by atoms with Gasteiger partial charge in [0.25, 0.3) is 5.91 Å². The summed E-state index contributed by atoms with van der Waals surface area (Å²) >= 11 is 1.38. The van der Waals surface area contributed by atoms with Crippen molar-refractivity contribution in [3.05, 3.63) is 51.2 Å². The van der Waals surface area contributed by atoms with E-state index in [9.17, 15) is 14.4 Å². The average molecular weight is 359 g/mol. The van der Waals surface area contributed by atoms with E-state index >= 15 is 0 Å². The Hall–Kier alpha value is -2.47. The Morgan fingerprint density at radius 2 is 1.92 bits per heavy atom. The molecule has 0 fully saturated rings. The molecule has 1 N–H and O–H groups in total. The van der Waals surface area contributed by atoms with Gasteiger partial charge in [0.1, 0.15) is 4.88 Å². The van der Waals surface area contributed by atoms with Crippen LogP contribution in [-0.4, -0.2) is 23.8 Å². The molecule has 2 aromatic rings. The zero-order valence-corrected chi connectivity index (χ0v) is 15.5. The standard InChI is InChI=1S/C19H21NO4S/c1-5-16-11(2)10-17(25-16)19(23)24-13(4)18(22)20-15-9-7-6-8-14(15)12(3)21/h6-10,13H,5H2,1-4H3,(H,20,22)/t13-/m1/s1. The van der Waals surface area contributed by atoms with E-state index in [2.05, 4.69) is 5.32 Å². The van der Waals surface area contributed by atoms with Gasteiger partial charge in [-0.25, -0.2) is 4.79 Å². The number of carbonyl (C=O) groups excluding carboxylic acids is 3. The predicted molar refractivity (Wildman–Crippen MR) is 98.4 cm³/mol. The molecule has 6 heteroatoms. The summed E-state index contributed by atoms with van der Waals surface area (Å²) in [6.07, 6.45) is -0.123. The van der Waals surface area contributed by atoms with Gasteiger partial charge in [0.05, 0.1) is 5.69 Å². The lowest BCUT2D eigenvalue weighted by Gasteiger charge is -2.14. The first-order chi connectivity index (χ1) is 11.8. The third-order valence-electron chi connectivity index (χ3n) is 3.76. The van der Waals surface area contributed by atoms with Crippen molar-refractivity contribution in [2.75, 3.05) is 5.32 Å². The van der Waals surface area contributed by atoms with E-state index in [1.54, 1.807) is 30.3 Å². The average Bonchev–Trinajstić information content (AvgIpc) is 2.96. The third kappa shape index (κ3) is 4.54. The van der Waals surface area contributed by atoms with Gasteiger partial charge in [0, 0.05) is 10.4 Å². The van der Waals surface area contributed by atoms with Crippen LogP contribution in [-0.2, 0) is 16.0 Å². The number of para-hydroxylation sites is 1. The minimum Gasteiger partial charge on any atom is -0.448 e. The Morgan fingerprint density at radius 1 is 1.24 bits per heavy atom. The number of ketones is 1. The Bertz CT molecular complexity index is 810. The molecule has 0 saturated carbocycles. The fourth-order valence-corrected chi connectivity index (χ4v) is 3.37. The van der Waals surface area contributed by atoms with Crippen LogP contribution in [0.4, 0.5) is 5.69 Å². The van der Waals surface area contributed by atoms with Crippen molar-refractivity contribution in [2.45, 2.75) is 40.2 Å². The Labute approximate surface area is 151 Å². The third-order valence-corrected chi connectivity index (χ3v) is 5.12. The minimum atomic E-state index is -0.972. The number of anilines is 1. The second-order valence-corrected chi connectivity index (χ2v) is 6.85. The molecule has 0 unspecified atom stereocenters. The number of hydrogen-bond donors (Lipinski definition) is 1. The molecule has 132 valence electrons. The molecule has 0 bridgehead atoms. The van der Waals surface area contributed by atoms with Crippen molar-refractivity contribution in [1.82, 2.24) is 0 Å². The number of thiophene rings is 1. The van der Waals surface area contributed by atoms with Gasteiger partial charge in [-0.2, -0.15) is 0 Å². The number of hydrogen-bond acceptors (Lipinski definition) is 5. The number of benzene rings is 1. The summed E-state index contributed by atoms with van der Waals surface area (Å²) in [5.41, 5.74) is 1.87. The van der Waals surface area contributed by atoms with E-state index in [1.807, 2.05) is 13.8 Å². The molecule has 1 atom stereocenters. The maximum atomic E-state index is 12.3. The number of Topliss-reactive ketones (excluding diaryl/α,β-unsaturated/α-hetero) is 1. The molecule has 0 saturated heterocycles. The van der Waals surface area contributed by atoms with E-state index in [4.69, 9.17) is 4.74 Å². The maximum Gasteiger partial charge on any atom is 0.349 e. The van der Waals surface area contributed by atoms with E-state index in [0.29, 0.717) is 16.1 Å². The molecular formula is C19H21NO4S. The number of aryl methyl sites for hydroxylation is 2. The summed E-state index contributed by atoms with van der Waals surface area (Å²) < 4.78 is 5.26. The summed E-state index contributed by atoms with van der Waals surface area (Å²) in [6, 6.07) is 8.50. The molecule has 0 aliphatic carbocycles. The van der Waals surface area contributed by atoms with E-state index in [1.165, 1.54) is 25.2 Å². The van der Waals surface area contributed by atoms with Crippen LogP contribution in [0.25, 0.3) is 0 Å². The van der Waals surface area contributed by atoms with E-state index in [-0.39, 0.29) is 5.78 Å². The molecule has 0 spiro atoms. The van der Waals surface area contributed by atoms with Gasteiger partial charge in [-0.3, -0.25) is 9.59 Å². The molecular weight excluding hydrogens is 338 g/mol. The summed E-state index contributed by atoms with van der Waals surface area (Å²) in [5.74, 6) is -1.15. The highest BCUT2D eigenvalue weighted by atomic mass is 32.1. The Morgan fingerprint density at radius 3 is 2.52 bits per heavy atom. The molecule has 0 aliphatic heterocycles. The number of nitrogens with one attached hydrogen (secondary N) is 1. The predicted octanol–water partition coefficient (Wildman–Crippen LogP) is 4.01. The first kappa shape index (κ1) is 18.9. The monoisotopic (exact) mass is 359 g/mol. The lowest BCUT2D eigenvalue weighted by molar-refractivity contribution is -0.123. The largest absolute Gasteiger partial charge is 0.448 e. The maximum absolute atomic E-state index is 12.3. The summed E-state index contributed by atoms with van der Waals surface area (Å²) in [4.78, 5) is 37.7. The highest BCUT2D eigenvalue weighted by Gasteiger charge is 2.22. The topological polar surface area (TPSA) is 72.5 Å². The Balaban J connectivity index is 2.05. The Kier molecular flexibility index (Phi) is 6.09. The van der Waals surface area contributed by atoms with Gasteiger partial charge in [-0.05, 0) is 51.0 Å². The fourth-order valence-electron chi connectivity index (χ4n) is 2.38. The smallest absolute Gasteiger partial charge is 0.349 e. The van der Waals surface area contributed by atoms with E-state index < -0.39 is 18.0 Å². The van der Waals surface area contributed by atoms with Crippen LogP contribution in [0.2, 0.25) is 0 Å². The molecule has 5 nitrogen and oxygen atoms in total. The van der Waals surface area contributed by atoms with Crippen LogP contribution in [0.15, 0.2) is 30.3 Å². The van der Waals surface area contributed by atoms with Crippen LogP contribution in [0.1, 0.15) is 51.2 Å². The number of ether oxygens (including phenoxy) is 1. The van der Waals surface area contributed by atoms with Crippen molar-refractivity contribution in [1.29, 1.82) is 0 Å². The second kappa shape index (κ2) is 8.07. The quantitative estimate of drug-likeness (QED) is 0.625. The fraction of sp³-hybridized carbons (Fsp3) is 0.316. The van der Waals surface area contributed by atoms with Gasteiger partial charge in [0.2, 0.25) is 0 Å². The van der Waals surface area contributed by atoms with Crippen molar-refractivity contribution < 1.29 is 19.1 Å². The van der Waals surface area contributed by atoms with Crippen molar-refractivity contribution in [2.24, 2.45) is 0 Å². The molecule has 0 radical (unpaired) electrons. The zero-order valence-electron chi connectivity index (χ0n) is 14.7. The van der Waals surface area contributed by atoms with Gasteiger partial charge in [-0.1, -0.05) is 19.1 Å². The first-order valence-corrected chi connectivity index (χ1v) is 8.86. The summed E-state index contributed by atoms with van der Waals surface area (Å²) in [7, 11) is 0. The van der Waals surface area contributed by atoms with Crippen molar-refractivity contribution in [3.8, 4) is 0 Å². The SMILES string of the molecule is CCc1sc(C(=O)O[C@H](C)C(=O)Nc2ccccc2C(C)=O)cc1C. The lowest BCUT2D eigenvalue weighted by Crippen LogP contribution is -2.30. The molecule has 0 aliphatic rings. The van der Waals surface area contributed by atoms with Crippen LogP contribution in [0, 0.1) is 6.92 Å². The van der Waals surface area contributed by atoms with E-state index in [0.717, 1.165) is 16.9 Å². The molecule has 2 rings (SSSR count). The number of rotatable bonds is 6. The molecule has 1 heterocycles. The minimum absolute atomic E-state index is 0.151. The highest BCUT2D eigenvalue weighted by Crippen LogP contribution is 2.23. The molecule has 1 aromatic carbocycles. The normalized spacial score (nSPS) is 11.7. The van der Waals surface area contributed by atoms with Gasteiger partial charge < -0.3 is 10.1 Å². The van der Waals surface area contributed by atoms with Crippen molar-refractivity contribution in [3.63, 3.8) is 0 Å². The summed E-state index contributed by atoms with van der Waals surface area (Å²) in [6.45, 7) is 6.90. The molecule has 1 amide bonds. The van der Waals surface area contributed by atoms with Gasteiger partial charge >= 0.3 is 5.97 Å². The number of amides is 1. The number of carbonyl (C=O) groups is 3. The van der Waals surface area contributed by atoms with Crippen LogP contribution in [0.3, 0.4) is 0 Å².